The van der Waals surface area contributed by atoms with E-state index in [9.17, 15) is 14.7 Å². The smallest absolute Gasteiger partial charge is 0.190 e. The number of allylic oxidation sites excluding steroid dienone is 2. The summed E-state index contributed by atoms with van der Waals surface area (Å²) in [5.41, 5.74) is 3.81. The van der Waals surface area contributed by atoms with Gasteiger partial charge in [0.15, 0.2) is 11.6 Å². The van der Waals surface area contributed by atoms with Gasteiger partial charge in [-0.2, -0.15) is 0 Å². The number of phenols is 1. The van der Waals surface area contributed by atoms with E-state index in [0.29, 0.717) is 23.1 Å². The number of phenolic OH excluding ortho intramolecular Hbond substituents is 1. The van der Waals surface area contributed by atoms with Crippen molar-refractivity contribution >= 4 is 11.6 Å². The Morgan fingerprint density at radius 3 is 2.23 bits per heavy atom. The number of benzene rings is 2. The summed E-state index contributed by atoms with van der Waals surface area (Å²) >= 11 is 0. The number of carbonyl (C=O) groups is 2. The summed E-state index contributed by atoms with van der Waals surface area (Å²) in [6.45, 7) is 3.68. The average molecular weight is 292 g/mol. The van der Waals surface area contributed by atoms with Crippen LogP contribution < -0.4 is 0 Å². The second-order valence-corrected chi connectivity index (χ2v) is 5.65. The van der Waals surface area contributed by atoms with Gasteiger partial charge in [-0.15, -0.1) is 0 Å². The predicted molar refractivity (Wildman–Crippen MR) is 84.4 cm³/mol. The summed E-state index contributed by atoms with van der Waals surface area (Å²) in [7, 11) is 0. The molecule has 0 spiro atoms. The van der Waals surface area contributed by atoms with Gasteiger partial charge in [0.05, 0.1) is 0 Å². The molecule has 0 heterocycles. The topological polar surface area (TPSA) is 54.4 Å². The SMILES string of the molecule is CC1=C(Cc2ccc(C)cc2)C(=O)c2ccc(O)cc2C1=O. The van der Waals surface area contributed by atoms with E-state index in [2.05, 4.69) is 0 Å². The molecular formula is C19H16O3. The Morgan fingerprint density at radius 1 is 0.864 bits per heavy atom. The van der Waals surface area contributed by atoms with Crippen LogP contribution in [-0.2, 0) is 6.42 Å². The molecule has 3 nitrogen and oxygen atoms in total. The van der Waals surface area contributed by atoms with Crippen molar-refractivity contribution in [1.29, 1.82) is 0 Å². The highest BCUT2D eigenvalue weighted by Crippen LogP contribution is 2.30. The standard InChI is InChI=1S/C19H16O3/c1-11-3-5-13(6-4-11)9-16-12(2)18(21)17-10-14(20)7-8-15(17)19(16)22/h3-8,10,20H,9H2,1-2H3. The Morgan fingerprint density at radius 2 is 1.55 bits per heavy atom. The van der Waals surface area contributed by atoms with E-state index < -0.39 is 0 Å². The molecule has 22 heavy (non-hydrogen) atoms. The maximum Gasteiger partial charge on any atom is 0.190 e. The number of ketones is 2. The lowest BCUT2D eigenvalue weighted by Gasteiger charge is -2.19. The van der Waals surface area contributed by atoms with Crippen LogP contribution in [0.1, 0.15) is 38.8 Å². The van der Waals surface area contributed by atoms with Crippen LogP contribution in [0.5, 0.6) is 5.75 Å². The van der Waals surface area contributed by atoms with Gasteiger partial charge in [-0.25, -0.2) is 0 Å². The number of Topliss-reactive ketones (excluding diaryl/α,β-unsaturated/α-hetero) is 2. The van der Waals surface area contributed by atoms with Gasteiger partial charge in [0.25, 0.3) is 0 Å². The lowest BCUT2D eigenvalue weighted by Crippen LogP contribution is -2.22. The first kappa shape index (κ1) is 14.3. The Hall–Kier alpha value is -2.68. The molecule has 3 rings (SSSR count). The van der Waals surface area contributed by atoms with Crippen LogP contribution in [0.4, 0.5) is 0 Å². The quantitative estimate of drug-likeness (QED) is 0.919. The molecule has 0 unspecified atom stereocenters. The van der Waals surface area contributed by atoms with E-state index in [-0.39, 0.29) is 22.9 Å². The number of aryl methyl sites for hydroxylation is 1. The van der Waals surface area contributed by atoms with Crippen molar-refractivity contribution in [2.24, 2.45) is 0 Å². The number of fused-ring (bicyclic) bond motifs is 1. The van der Waals surface area contributed by atoms with Gasteiger partial charge in [0.2, 0.25) is 0 Å². The van der Waals surface area contributed by atoms with Gasteiger partial charge in [-0.3, -0.25) is 9.59 Å². The Kier molecular flexibility index (Phi) is 3.41. The van der Waals surface area contributed by atoms with Crippen molar-refractivity contribution in [3.63, 3.8) is 0 Å². The molecule has 1 N–H and O–H groups in total. The zero-order chi connectivity index (χ0) is 15.9. The first-order chi connectivity index (χ1) is 10.5. The van der Waals surface area contributed by atoms with Crippen LogP contribution >= 0.6 is 0 Å². The lowest BCUT2D eigenvalue weighted by atomic mass is 9.82. The van der Waals surface area contributed by atoms with Gasteiger partial charge in [0.1, 0.15) is 5.75 Å². The van der Waals surface area contributed by atoms with E-state index in [0.717, 1.165) is 11.1 Å². The van der Waals surface area contributed by atoms with Crippen molar-refractivity contribution in [3.05, 3.63) is 75.9 Å². The zero-order valence-corrected chi connectivity index (χ0v) is 12.5. The van der Waals surface area contributed by atoms with Crippen molar-refractivity contribution in [3.8, 4) is 5.75 Å². The highest BCUT2D eigenvalue weighted by molar-refractivity contribution is 6.26. The molecule has 2 aromatic carbocycles. The van der Waals surface area contributed by atoms with Gasteiger partial charge in [0, 0.05) is 28.7 Å². The molecule has 0 bridgehead atoms. The van der Waals surface area contributed by atoms with Crippen molar-refractivity contribution in [1.82, 2.24) is 0 Å². The maximum absolute atomic E-state index is 12.7. The van der Waals surface area contributed by atoms with Crippen LogP contribution in [0.3, 0.4) is 0 Å². The van der Waals surface area contributed by atoms with E-state index in [4.69, 9.17) is 0 Å². The number of carbonyl (C=O) groups excluding carboxylic acids is 2. The van der Waals surface area contributed by atoms with E-state index in [1.807, 2.05) is 31.2 Å². The number of rotatable bonds is 2. The Labute approximate surface area is 128 Å². The molecule has 0 amide bonds. The number of hydrogen-bond donors (Lipinski definition) is 1. The van der Waals surface area contributed by atoms with Gasteiger partial charge >= 0.3 is 0 Å². The molecule has 2 aromatic rings. The van der Waals surface area contributed by atoms with Crippen LogP contribution in [-0.4, -0.2) is 16.7 Å². The third-order valence-electron chi connectivity index (χ3n) is 4.06. The van der Waals surface area contributed by atoms with Crippen LogP contribution in [0.15, 0.2) is 53.6 Å². The fourth-order valence-corrected chi connectivity index (χ4v) is 2.71. The highest BCUT2D eigenvalue weighted by Gasteiger charge is 2.29. The van der Waals surface area contributed by atoms with Gasteiger partial charge in [-0.05, 0) is 37.6 Å². The van der Waals surface area contributed by atoms with Gasteiger partial charge < -0.3 is 5.11 Å². The third kappa shape index (κ3) is 2.35. The summed E-state index contributed by atoms with van der Waals surface area (Å²) in [6, 6.07) is 12.3. The largest absolute Gasteiger partial charge is 0.508 e. The number of hydrogen-bond acceptors (Lipinski definition) is 3. The minimum Gasteiger partial charge on any atom is -0.508 e. The second-order valence-electron chi connectivity index (χ2n) is 5.65. The Balaban J connectivity index is 2.03. The maximum atomic E-state index is 12.7. The molecule has 0 aromatic heterocycles. The predicted octanol–water partition coefficient (Wildman–Crippen LogP) is 3.64. The van der Waals surface area contributed by atoms with E-state index in [1.54, 1.807) is 6.92 Å². The Bertz CT molecular complexity index is 811. The van der Waals surface area contributed by atoms with Crippen molar-refractivity contribution in [2.45, 2.75) is 20.3 Å². The normalized spacial score (nSPS) is 14.3. The second kappa shape index (κ2) is 5.26. The van der Waals surface area contributed by atoms with Crippen LogP contribution in [0, 0.1) is 6.92 Å². The lowest BCUT2D eigenvalue weighted by molar-refractivity contribution is 0.0972. The molecule has 0 radical (unpaired) electrons. The molecule has 0 fully saturated rings. The molecule has 0 aliphatic heterocycles. The first-order valence-corrected chi connectivity index (χ1v) is 7.15. The van der Waals surface area contributed by atoms with Gasteiger partial charge in [-0.1, -0.05) is 29.8 Å². The molecule has 0 saturated carbocycles. The minimum atomic E-state index is -0.187. The monoisotopic (exact) mass is 292 g/mol. The fraction of sp³-hybridized carbons (Fsp3) is 0.158. The molecule has 110 valence electrons. The summed E-state index contributed by atoms with van der Waals surface area (Å²) in [6.07, 6.45) is 0.441. The molecule has 0 atom stereocenters. The molecular weight excluding hydrogens is 276 g/mol. The zero-order valence-electron chi connectivity index (χ0n) is 12.5. The average Bonchev–Trinajstić information content (AvgIpc) is 2.51. The highest BCUT2D eigenvalue weighted by atomic mass is 16.3. The number of aromatic hydroxyl groups is 1. The fourth-order valence-electron chi connectivity index (χ4n) is 2.71. The van der Waals surface area contributed by atoms with Crippen LogP contribution in [0.2, 0.25) is 0 Å². The summed E-state index contributed by atoms with van der Waals surface area (Å²) in [5, 5.41) is 9.53. The summed E-state index contributed by atoms with van der Waals surface area (Å²) in [4.78, 5) is 25.1. The third-order valence-corrected chi connectivity index (χ3v) is 4.06. The molecule has 1 aliphatic rings. The molecule has 1 aliphatic carbocycles. The molecule has 0 saturated heterocycles. The summed E-state index contributed by atoms with van der Waals surface area (Å²) < 4.78 is 0. The molecule has 3 heteroatoms. The van der Waals surface area contributed by atoms with Crippen molar-refractivity contribution < 1.29 is 14.7 Å². The minimum absolute atomic E-state index is 0.00492. The van der Waals surface area contributed by atoms with E-state index in [1.165, 1.54) is 18.2 Å². The summed E-state index contributed by atoms with van der Waals surface area (Å²) in [5.74, 6) is -0.324. The first-order valence-electron chi connectivity index (χ1n) is 7.15. The van der Waals surface area contributed by atoms with Crippen LogP contribution in [0.25, 0.3) is 0 Å². The van der Waals surface area contributed by atoms with Crippen molar-refractivity contribution in [2.75, 3.05) is 0 Å². The van der Waals surface area contributed by atoms with E-state index >= 15 is 0 Å².